The number of rotatable bonds is 6. The number of benzene rings is 2. The third-order valence-corrected chi connectivity index (χ3v) is 3.56. The molecule has 0 saturated carbocycles. The minimum absolute atomic E-state index is 0.284. The van der Waals surface area contributed by atoms with E-state index in [4.69, 9.17) is 21.1 Å². The zero-order chi connectivity index (χ0) is 18.4. The predicted octanol–water partition coefficient (Wildman–Crippen LogP) is 3.66. The first-order valence-electron chi connectivity index (χ1n) is 7.45. The van der Waals surface area contributed by atoms with Gasteiger partial charge in [0.25, 0.3) is 5.91 Å². The number of anilines is 1. The Morgan fingerprint density at radius 1 is 1.12 bits per heavy atom. The Hall–Kier alpha value is -2.60. The number of hydrogen-bond donors (Lipinski definition) is 1. The molecule has 7 heteroatoms. The van der Waals surface area contributed by atoms with E-state index in [9.17, 15) is 14.0 Å². The third-order valence-electron chi connectivity index (χ3n) is 3.25. The summed E-state index contributed by atoms with van der Waals surface area (Å²) in [5.41, 5.74) is 1.68. The molecule has 2 aromatic carbocycles. The molecule has 1 N–H and O–H groups in total. The lowest BCUT2D eigenvalue weighted by atomic mass is 10.2. The highest BCUT2D eigenvalue weighted by Crippen LogP contribution is 2.25. The fourth-order valence-electron chi connectivity index (χ4n) is 1.91. The molecule has 132 valence electrons. The van der Waals surface area contributed by atoms with Crippen LogP contribution >= 0.6 is 11.6 Å². The van der Waals surface area contributed by atoms with Gasteiger partial charge in [0.1, 0.15) is 11.6 Å². The molecule has 0 aliphatic carbocycles. The van der Waals surface area contributed by atoms with E-state index >= 15 is 0 Å². The number of nitrogens with one attached hydrogen (secondary N) is 1. The van der Waals surface area contributed by atoms with E-state index in [1.165, 1.54) is 12.1 Å². The van der Waals surface area contributed by atoms with Crippen molar-refractivity contribution in [1.29, 1.82) is 0 Å². The molecule has 0 aromatic heterocycles. The highest BCUT2D eigenvalue weighted by atomic mass is 35.5. The lowest BCUT2D eigenvalue weighted by Gasteiger charge is -2.09. The van der Waals surface area contributed by atoms with Gasteiger partial charge in [0.05, 0.1) is 5.02 Å². The number of carbonyl (C=O) groups excluding carboxylic acids is 2. The maximum absolute atomic E-state index is 13.4. The first-order valence-corrected chi connectivity index (χ1v) is 7.83. The van der Waals surface area contributed by atoms with Gasteiger partial charge in [-0.25, -0.2) is 9.18 Å². The van der Waals surface area contributed by atoms with Crippen molar-refractivity contribution in [2.24, 2.45) is 0 Å². The minimum atomic E-state index is -0.720. The number of amides is 1. The summed E-state index contributed by atoms with van der Waals surface area (Å²) in [4.78, 5) is 23.4. The number of hydrogen-bond acceptors (Lipinski definition) is 4. The normalized spacial score (nSPS) is 10.2. The number of aryl methyl sites for hydroxylation is 2. The first kappa shape index (κ1) is 18.7. The molecule has 2 rings (SSSR count). The van der Waals surface area contributed by atoms with Crippen molar-refractivity contribution in [3.8, 4) is 5.75 Å². The van der Waals surface area contributed by atoms with Crippen molar-refractivity contribution in [2.45, 2.75) is 13.8 Å². The van der Waals surface area contributed by atoms with E-state index in [0.29, 0.717) is 16.3 Å². The van der Waals surface area contributed by atoms with Crippen molar-refractivity contribution in [1.82, 2.24) is 0 Å². The molecule has 0 atom stereocenters. The van der Waals surface area contributed by atoms with Crippen LogP contribution in [0.3, 0.4) is 0 Å². The zero-order valence-corrected chi connectivity index (χ0v) is 14.5. The molecule has 25 heavy (non-hydrogen) atoms. The second-order valence-electron chi connectivity index (χ2n) is 5.40. The molecule has 0 spiro atoms. The lowest BCUT2D eigenvalue weighted by molar-refractivity contribution is -0.149. The van der Waals surface area contributed by atoms with Crippen molar-refractivity contribution < 1.29 is 23.5 Å². The van der Waals surface area contributed by atoms with Gasteiger partial charge in [-0.3, -0.25) is 4.79 Å². The number of halogens is 2. The summed E-state index contributed by atoms with van der Waals surface area (Å²) in [7, 11) is 0. The SMILES string of the molecule is Cc1ccc(Cl)c(OCC(=O)OCC(=O)Nc2ccc(C)c(F)c2)c1. The zero-order valence-electron chi connectivity index (χ0n) is 13.8. The monoisotopic (exact) mass is 365 g/mol. The maximum Gasteiger partial charge on any atom is 0.344 e. The molecule has 0 fully saturated rings. The highest BCUT2D eigenvalue weighted by molar-refractivity contribution is 6.32. The smallest absolute Gasteiger partial charge is 0.344 e. The molecule has 0 aliphatic rings. The fraction of sp³-hybridized carbons (Fsp3) is 0.222. The quantitative estimate of drug-likeness (QED) is 0.793. The molecule has 0 heterocycles. The molecule has 0 unspecified atom stereocenters. The van der Waals surface area contributed by atoms with Crippen LogP contribution in [0.15, 0.2) is 36.4 Å². The van der Waals surface area contributed by atoms with E-state index in [2.05, 4.69) is 5.32 Å². The van der Waals surface area contributed by atoms with Gasteiger partial charge in [-0.15, -0.1) is 0 Å². The van der Waals surface area contributed by atoms with Gasteiger partial charge in [-0.05, 0) is 49.2 Å². The number of carbonyl (C=O) groups is 2. The van der Waals surface area contributed by atoms with Crippen molar-refractivity contribution in [3.63, 3.8) is 0 Å². The van der Waals surface area contributed by atoms with Gasteiger partial charge < -0.3 is 14.8 Å². The Balaban J connectivity index is 1.78. The summed E-state index contributed by atoms with van der Waals surface area (Å²) >= 11 is 5.95. The Morgan fingerprint density at radius 2 is 1.88 bits per heavy atom. The van der Waals surface area contributed by atoms with Crippen LogP contribution < -0.4 is 10.1 Å². The summed E-state index contributed by atoms with van der Waals surface area (Å²) in [6.07, 6.45) is 0. The first-order chi connectivity index (χ1) is 11.8. The second-order valence-corrected chi connectivity index (χ2v) is 5.80. The lowest BCUT2D eigenvalue weighted by Crippen LogP contribution is -2.23. The standard InChI is InChI=1S/C18H17ClFNO4/c1-11-3-6-14(19)16(7-11)24-10-18(23)25-9-17(22)21-13-5-4-12(2)15(20)8-13/h3-8H,9-10H2,1-2H3,(H,21,22). The second kappa shape index (κ2) is 8.48. The van der Waals surface area contributed by atoms with Crippen LogP contribution in [0.25, 0.3) is 0 Å². The van der Waals surface area contributed by atoms with Crippen molar-refractivity contribution in [2.75, 3.05) is 18.5 Å². The molecule has 1 amide bonds. The molecule has 0 bridgehead atoms. The maximum atomic E-state index is 13.4. The molecular formula is C18H17ClFNO4. The van der Waals surface area contributed by atoms with Crippen LogP contribution in [0.5, 0.6) is 5.75 Å². The van der Waals surface area contributed by atoms with E-state index in [1.54, 1.807) is 25.1 Å². The summed E-state index contributed by atoms with van der Waals surface area (Å²) in [5.74, 6) is -1.37. The average molecular weight is 366 g/mol. The van der Waals surface area contributed by atoms with Gasteiger partial charge >= 0.3 is 5.97 Å². The Labute approximate surface area is 149 Å². The van der Waals surface area contributed by atoms with Gasteiger partial charge in [0.2, 0.25) is 0 Å². The van der Waals surface area contributed by atoms with Crippen LogP contribution in [-0.2, 0) is 14.3 Å². The Morgan fingerprint density at radius 3 is 2.60 bits per heavy atom. The average Bonchev–Trinajstić information content (AvgIpc) is 2.57. The number of esters is 1. The number of ether oxygens (including phenoxy) is 2. The van der Waals surface area contributed by atoms with Crippen LogP contribution in [0, 0.1) is 19.7 Å². The molecule has 0 saturated heterocycles. The summed E-state index contributed by atoms with van der Waals surface area (Å²) in [6, 6.07) is 9.45. The van der Waals surface area contributed by atoms with Crippen LogP contribution in [-0.4, -0.2) is 25.1 Å². The van der Waals surface area contributed by atoms with Gasteiger partial charge in [0.15, 0.2) is 13.2 Å². The van der Waals surface area contributed by atoms with Crippen LogP contribution in [0.4, 0.5) is 10.1 Å². The predicted molar refractivity (Wildman–Crippen MR) is 92.4 cm³/mol. The van der Waals surface area contributed by atoms with Crippen molar-refractivity contribution in [3.05, 3.63) is 58.4 Å². The molecular weight excluding hydrogens is 349 g/mol. The fourth-order valence-corrected chi connectivity index (χ4v) is 2.09. The van der Waals surface area contributed by atoms with E-state index in [1.807, 2.05) is 13.0 Å². The van der Waals surface area contributed by atoms with E-state index in [0.717, 1.165) is 5.56 Å². The van der Waals surface area contributed by atoms with Gasteiger partial charge in [0, 0.05) is 5.69 Å². The van der Waals surface area contributed by atoms with Crippen molar-refractivity contribution >= 4 is 29.2 Å². The molecule has 5 nitrogen and oxygen atoms in total. The Bertz CT molecular complexity index is 795. The van der Waals surface area contributed by atoms with E-state index < -0.39 is 24.3 Å². The highest BCUT2D eigenvalue weighted by Gasteiger charge is 2.11. The summed E-state index contributed by atoms with van der Waals surface area (Å²) in [5, 5.41) is 2.81. The molecule has 0 aliphatic heterocycles. The minimum Gasteiger partial charge on any atom is -0.480 e. The third kappa shape index (κ3) is 5.76. The van der Waals surface area contributed by atoms with Gasteiger partial charge in [-0.1, -0.05) is 23.7 Å². The molecule has 2 aromatic rings. The largest absolute Gasteiger partial charge is 0.480 e. The van der Waals surface area contributed by atoms with Crippen LogP contribution in [0.2, 0.25) is 5.02 Å². The van der Waals surface area contributed by atoms with Crippen LogP contribution in [0.1, 0.15) is 11.1 Å². The summed E-state index contributed by atoms with van der Waals surface area (Å²) in [6.45, 7) is 2.60. The summed E-state index contributed by atoms with van der Waals surface area (Å²) < 4.78 is 23.5. The molecule has 0 radical (unpaired) electrons. The van der Waals surface area contributed by atoms with Gasteiger partial charge in [-0.2, -0.15) is 0 Å². The Kier molecular flexibility index (Phi) is 6.36. The topological polar surface area (TPSA) is 64.6 Å². The van der Waals surface area contributed by atoms with E-state index in [-0.39, 0.29) is 12.3 Å².